The number of carbonyl (C=O) groups is 2. The first kappa shape index (κ1) is 21.5. The summed E-state index contributed by atoms with van der Waals surface area (Å²) in [5.74, 6) is 7.46. The van der Waals surface area contributed by atoms with E-state index in [1.165, 1.54) is 70.6 Å². The molecule has 5 aliphatic carbocycles. The Hall–Kier alpha value is -1.06. The number of amides is 1. The molecule has 1 aliphatic heterocycles. The van der Waals surface area contributed by atoms with Gasteiger partial charge >= 0.3 is 5.97 Å². The smallest absolute Gasteiger partial charge is 0.302 e. The fraction of sp³-hybridized carbons (Fsp3) is 0.929. The average Bonchev–Trinajstić information content (AvgIpc) is 3.47. The largest absolute Gasteiger partial charge is 0.463 e. The van der Waals surface area contributed by atoms with Gasteiger partial charge in [-0.15, -0.1) is 0 Å². The van der Waals surface area contributed by atoms with Crippen LogP contribution >= 0.6 is 0 Å². The highest BCUT2D eigenvalue weighted by atomic mass is 16.5. The quantitative estimate of drug-likeness (QED) is 0.536. The third-order valence-corrected chi connectivity index (χ3v) is 11.2. The van der Waals surface area contributed by atoms with E-state index in [1.54, 1.807) is 6.92 Å². The van der Waals surface area contributed by atoms with Gasteiger partial charge in [-0.25, -0.2) is 0 Å². The van der Waals surface area contributed by atoms with Gasteiger partial charge in [-0.2, -0.15) is 0 Å². The first-order valence-corrected chi connectivity index (χ1v) is 14.1. The lowest BCUT2D eigenvalue weighted by atomic mass is 9.48. The highest BCUT2D eigenvalue weighted by molar-refractivity contribution is 5.79. The SMILES string of the molecule is CC(=O)OC1CCC2C(CCC3C2CCC2C3CCC3CCC(C(=O)N4CCCC4)C32)C1. The van der Waals surface area contributed by atoms with Gasteiger partial charge in [0.15, 0.2) is 0 Å². The standard InChI is InChI=1S/C28H43NO3/c1-17(30)32-20-7-11-21-19(16-20)6-9-23-22(21)12-13-25-24(23)8-4-18-5-10-26(27(18)25)28(31)29-14-2-3-15-29/h18-27H,2-16H2,1H3. The summed E-state index contributed by atoms with van der Waals surface area (Å²) < 4.78 is 5.61. The number of carbonyl (C=O) groups excluding carboxylic acids is 2. The predicted molar refractivity (Wildman–Crippen MR) is 124 cm³/mol. The number of esters is 1. The lowest BCUT2D eigenvalue weighted by Gasteiger charge is -2.57. The zero-order valence-electron chi connectivity index (χ0n) is 20.1. The number of fused-ring (bicyclic) bond motifs is 7. The Bertz CT molecular complexity index is 730. The molecule has 0 aromatic rings. The summed E-state index contributed by atoms with van der Waals surface area (Å²) in [5, 5.41) is 0. The van der Waals surface area contributed by atoms with Crippen LogP contribution in [0.3, 0.4) is 0 Å². The Balaban J connectivity index is 1.16. The molecule has 1 amide bonds. The van der Waals surface area contributed by atoms with E-state index in [1.807, 2.05) is 0 Å². The van der Waals surface area contributed by atoms with Gasteiger partial charge in [-0.3, -0.25) is 9.59 Å². The molecule has 6 aliphatic rings. The fourth-order valence-corrected chi connectivity index (χ4v) is 10.2. The Morgan fingerprint density at radius 3 is 2.06 bits per heavy atom. The third kappa shape index (κ3) is 3.63. The predicted octanol–water partition coefficient (Wildman–Crippen LogP) is 5.45. The molecule has 4 heteroatoms. The van der Waals surface area contributed by atoms with Crippen molar-refractivity contribution in [3.63, 3.8) is 0 Å². The van der Waals surface area contributed by atoms with Gasteiger partial charge in [0.2, 0.25) is 5.91 Å². The fourth-order valence-electron chi connectivity index (χ4n) is 10.2. The number of nitrogens with zero attached hydrogens (tertiary/aromatic N) is 1. The zero-order chi connectivity index (χ0) is 21.8. The van der Waals surface area contributed by atoms with E-state index < -0.39 is 0 Å². The highest BCUT2D eigenvalue weighted by Gasteiger charge is 2.56. The number of hydrogen-bond donors (Lipinski definition) is 0. The third-order valence-electron chi connectivity index (χ3n) is 11.2. The highest BCUT2D eigenvalue weighted by Crippen LogP contribution is 2.62. The van der Waals surface area contributed by atoms with E-state index >= 15 is 0 Å². The molecule has 0 aromatic heterocycles. The minimum Gasteiger partial charge on any atom is -0.463 e. The van der Waals surface area contributed by atoms with E-state index in [9.17, 15) is 9.59 Å². The topological polar surface area (TPSA) is 46.6 Å². The van der Waals surface area contributed by atoms with Crippen LogP contribution in [0.1, 0.15) is 90.4 Å². The van der Waals surface area contributed by atoms with E-state index in [0.717, 1.165) is 67.4 Å². The van der Waals surface area contributed by atoms with Crippen LogP contribution in [0.4, 0.5) is 0 Å². The summed E-state index contributed by atoms with van der Waals surface area (Å²) >= 11 is 0. The van der Waals surface area contributed by atoms with Gasteiger partial charge in [0.05, 0.1) is 0 Å². The monoisotopic (exact) mass is 441 g/mol. The number of hydrogen-bond acceptors (Lipinski definition) is 3. The molecule has 1 saturated heterocycles. The molecule has 4 nitrogen and oxygen atoms in total. The molecule has 10 unspecified atom stereocenters. The van der Waals surface area contributed by atoms with Gasteiger partial charge in [0, 0.05) is 25.9 Å². The van der Waals surface area contributed by atoms with E-state index in [0.29, 0.717) is 17.7 Å². The Kier molecular flexibility index (Phi) is 5.78. The lowest BCUT2D eigenvalue weighted by molar-refractivity contribution is -0.152. The van der Waals surface area contributed by atoms with E-state index in [4.69, 9.17) is 4.74 Å². The average molecular weight is 442 g/mol. The summed E-state index contributed by atoms with van der Waals surface area (Å²) in [5.41, 5.74) is 0. The Morgan fingerprint density at radius 1 is 0.688 bits per heavy atom. The van der Waals surface area contributed by atoms with E-state index in [2.05, 4.69) is 4.90 Å². The van der Waals surface area contributed by atoms with Gasteiger partial charge < -0.3 is 9.64 Å². The van der Waals surface area contributed by atoms with Crippen molar-refractivity contribution in [3.8, 4) is 0 Å². The molecule has 32 heavy (non-hydrogen) atoms. The minimum absolute atomic E-state index is 0.103. The Labute approximate surface area is 194 Å². The van der Waals surface area contributed by atoms with Crippen LogP contribution in [0.2, 0.25) is 0 Å². The summed E-state index contributed by atoms with van der Waals surface area (Å²) in [6.07, 6.45) is 16.9. The molecule has 1 heterocycles. The number of ether oxygens (including phenoxy) is 1. The van der Waals surface area contributed by atoms with Crippen LogP contribution in [0.25, 0.3) is 0 Å². The van der Waals surface area contributed by atoms with Gasteiger partial charge in [-0.1, -0.05) is 0 Å². The van der Waals surface area contributed by atoms with Crippen molar-refractivity contribution in [1.29, 1.82) is 0 Å². The first-order valence-electron chi connectivity index (χ1n) is 14.1. The maximum atomic E-state index is 13.4. The Morgan fingerprint density at radius 2 is 1.28 bits per heavy atom. The molecular formula is C28H43NO3. The second-order valence-corrected chi connectivity index (χ2v) is 12.4. The van der Waals surface area contributed by atoms with Gasteiger partial charge in [0.25, 0.3) is 0 Å². The number of likely N-dealkylation sites (tertiary alicyclic amines) is 1. The number of rotatable bonds is 2. The van der Waals surface area contributed by atoms with Crippen LogP contribution in [-0.4, -0.2) is 36.0 Å². The minimum atomic E-state index is -0.103. The summed E-state index contributed by atoms with van der Waals surface area (Å²) in [4.78, 5) is 27.1. The molecule has 10 atom stereocenters. The first-order chi connectivity index (χ1) is 15.6. The van der Waals surface area contributed by atoms with E-state index in [-0.39, 0.29) is 12.1 Å². The lowest BCUT2D eigenvalue weighted by Crippen LogP contribution is -2.51. The van der Waals surface area contributed by atoms with Crippen LogP contribution in [0.5, 0.6) is 0 Å². The van der Waals surface area contributed by atoms with Gasteiger partial charge in [-0.05, 0) is 131 Å². The molecular weight excluding hydrogens is 398 g/mol. The molecule has 6 fully saturated rings. The molecule has 0 N–H and O–H groups in total. The summed E-state index contributed by atoms with van der Waals surface area (Å²) in [6.45, 7) is 3.59. The summed E-state index contributed by atoms with van der Waals surface area (Å²) in [7, 11) is 0. The van der Waals surface area contributed by atoms with Crippen LogP contribution in [0.15, 0.2) is 0 Å². The van der Waals surface area contributed by atoms with Crippen molar-refractivity contribution >= 4 is 11.9 Å². The maximum Gasteiger partial charge on any atom is 0.302 e. The summed E-state index contributed by atoms with van der Waals surface area (Å²) in [6, 6.07) is 0. The van der Waals surface area contributed by atoms with Crippen LogP contribution in [0, 0.1) is 53.3 Å². The van der Waals surface area contributed by atoms with Crippen molar-refractivity contribution < 1.29 is 14.3 Å². The molecule has 0 bridgehead atoms. The normalized spacial score (nSPS) is 47.7. The molecule has 0 radical (unpaired) electrons. The van der Waals surface area contributed by atoms with Crippen LogP contribution in [-0.2, 0) is 14.3 Å². The van der Waals surface area contributed by atoms with Crippen molar-refractivity contribution in [2.24, 2.45) is 53.3 Å². The molecule has 0 aromatic carbocycles. The molecule has 178 valence electrons. The van der Waals surface area contributed by atoms with Crippen molar-refractivity contribution in [1.82, 2.24) is 4.90 Å². The second-order valence-electron chi connectivity index (χ2n) is 12.4. The molecule has 5 saturated carbocycles. The van der Waals surface area contributed by atoms with Crippen LogP contribution < -0.4 is 0 Å². The van der Waals surface area contributed by atoms with Crippen molar-refractivity contribution in [2.75, 3.05) is 13.1 Å². The maximum absolute atomic E-state index is 13.4. The zero-order valence-corrected chi connectivity index (χ0v) is 20.1. The van der Waals surface area contributed by atoms with Gasteiger partial charge in [0.1, 0.15) is 6.10 Å². The molecule has 0 spiro atoms. The molecule has 6 rings (SSSR count). The van der Waals surface area contributed by atoms with Crippen molar-refractivity contribution in [2.45, 2.75) is 96.5 Å². The second kappa shape index (κ2) is 8.62. The van der Waals surface area contributed by atoms with Crippen molar-refractivity contribution in [3.05, 3.63) is 0 Å².